The number of hydrogen-bond donors (Lipinski definition) is 1. The third-order valence-electron chi connectivity index (χ3n) is 3.95. The molecule has 1 fully saturated rings. The van der Waals surface area contributed by atoms with Crippen molar-refractivity contribution in [2.75, 3.05) is 27.7 Å². The number of hydrogen-bond acceptors (Lipinski definition) is 4. The van der Waals surface area contributed by atoms with Crippen molar-refractivity contribution >= 4 is 50.7 Å². The molecule has 0 radical (unpaired) electrons. The molecule has 1 aliphatic rings. The minimum Gasteiger partial charge on any atom is -0.326 e. The predicted octanol–water partition coefficient (Wildman–Crippen LogP) is 4.00. The van der Waals surface area contributed by atoms with Crippen LogP contribution in [0.15, 0.2) is 53.4 Å². The molecule has 0 bridgehead atoms. The molecule has 0 aromatic heterocycles. The van der Waals surface area contributed by atoms with E-state index >= 15 is 0 Å². The smallest absolute Gasteiger partial charge is 0.235 e. The fourth-order valence-electron chi connectivity index (χ4n) is 2.66. The van der Waals surface area contributed by atoms with Gasteiger partial charge in [0.15, 0.2) is 0 Å². The molecule has 0 unspecified atom stereocenters. The van der Waals surface area contributed by atoms with Crippen LogP contribution in [-0.2, 0) is 14.8 Å². The highest BCUT2D eigenvalue weighted by molar-refractivity contribution is 7.99. The van der Waals surface area contributed by atoms with Gasteiger partial charge in [0.25, 0.3) is 0 Å². The Balaban J connectivity index is 1.49. The zero-order valence-electron chi connectivity index (χ0n) is 14.0. The van der Waals surface area contributed by atoms with E-state index in [0.29, 0.717) is 41.5 Å². The quantitative estimate of drug-likeness (QED) is 0.731. The van der Waals surface area contributed by atoms with Crippen LogP contribution < -0.4 is 9.62 Å². The van der Waals surface area contributed by atoms with Crippen LogP contribution in [0.5, 0.6) is 0 Å². The number of halogens is 1. The van der Waals surface area contributed by atoms with Gasteiger partial charge in [-0.1, -0.05) is 11.6 Å². The van der Waals surface area contributed by atoms with Crippen molar-refractivity contribution in [1.82, 2.24) is 0 Å². The maximum atomic E-state index is 12.0. The molecule has 0 saturated carbocycles. The first-order valence-electron chi connectivity index (χ1n) is 8.23. The molecule has 8 heteroatoms. The van der Waals surface area contributed by atoms with Gasteiger partial charge in [-0.05, 0) is 55.0 Å². The summed E-state index contributed by atoms with van der Waals surface area (Å²) in [5.41, 5.74) is 1.30. The standard InChI is InChI=1S/C18H19ClN2O3S2/c19-14-2-8-17(9-3-14)25-12-10-18(22)20-15-4-6-16(7-5-15)21-11-1-13-26(21,23)24/h2-9H,1,10-13H2,(H,20,22). The Labute approximate surface area is 162 Å². The fourth-order valence-corrected chi connectivity index (χ4v) is 5.20. The summed E-state index contributed by atoms with van der Waals surface area (Å²) in [5.74, 6) is 0.780. The molecular weight excluding hydrogens is 392 g/mol. The van der Waals surface area contributed by atoms with Crippen molar-refractivity contribution in [2.45, 2.75) is 17.7 Å². The molecule has 5 nitrogen and oxygen atoms in total. The summed E-state index contributed by atoms with van der Waals surface area (Å²) in [6.45, 7) is 0.510. The van der Waals surface area contributed by atoms with Gasteiger partial charge in [0.2, 0.25) is 15.9 Å². The summed E-state index contributed by atoms with van der Waals surface area (Å²) in [5, 5.41) is 3.53. The second-order valence-electron chi connectivity index (χ2n) is 5.89. The molecule has 0 aliphatic carbocycles. The first-order chi connectivity index (χ1) is 12.4. The second kappa shape index (κ2) is 8.33. The van der Waals surface area contributed by atoms with Crippen LogP contribution in [0.2, 0.25) is 5.02 Å². The third-order valence-corrected chi connectivity index (χ3v) is 7.09. The number of amides is 1. The Bertz CT molecular complexity index is 868. The summed E-state index contributed by atoms with van der Waals surface area (Å²) in [6, 6.07) is 14.4. The molecule has 2 aromatic rings. The van der Waals surface area contributed by atoms with Gasteiger partial charge >= 0.3 is 0 Å². The number of rotatable bonds is 6. The minimum atomic E-state index is -3.18. The molecule has 138 valence electrons. The lowest BCUT2D eigenvalue weighted by molar-refractivity contribution is -0.115. The van der Waals surface area contributed by atoms with Crippen molar-refractivity contribution in [3.63, 3.8) is 0 Å². The Morgan fingerprint density at radius 2 is 1.81 bits per heavy atom. The second-order valence-corrected chi connectivity index (χ2v) is 9.51. The molecule has 1 saturated heterocycles. The third kappa shape index (κ3) is 4.93. The predicted molar refractivity (Wildman–Crippen MR) is 108 cm³/mol. The van der Waals surface area contributed by atoms with Crippen LogP contribution in [0, 0.1) is 0 Å². The molecule has 0 atom stereocenters. The van der Waals surface area contributed by atoms with Crippen molar-refractivity contribution in [1.29, 1.82) is 0 Å². The van der Waals surface area contributed by atoms with Crippen LogP contribution in [0.3, 0.4) is 0 Å². The molecule has 1 N–H and O–H groups in total. The average molecular weight is 411 g/mol. The van der Waals surface area contributed by atoms with Crippen LogP contribution in [0.4, 0.5) is 11.4 Å². The number of carbonyl (C=O) groups is 1. The number of thioether (sulfide) groups is 1. The van der Waals surface area contributed by atoms with Gasteiger partial charge < -0.3 is 5.32 Å². The van der Waals surface area contributed by atoms with E-state index in [-0.39, 0.29) is 11.7 Å². The molecule has 26 heavy (non-hydrogen) atoms. The van der Waals surface area contributed by atoms with E-state index in [1.807, 2.05) is 24.3 Å². The number of nitrogens with zero attached hydrogens (tertiary/aromatic N) is 1. The normalized spacial score (nSPS) is 15.8. The monoisotopic (exact) mass is 410 g/mol. The lowest BCUT2D eigenvalue weighted by Gasteiger charge is -2.17. The van der Waals surface area contributed by atoms with Gasteiger partial charge in [0.05, 0.1) is 11.4 Å². The molecule has 0 spiro atoms. The highest BCUT2D eigenvalue weighted by Gasteiger charge is 2.28. The highest BCUT2D eigenvalue weighted by atomic mass is 35.5. The zero-order chi connectivity index (χ0) is 18.6. The molecule has 1 amide bonds. The lowest BCUT2D eigenvalue weighted by Crippen LogP contribution is -2.25. The van der Waals surface area contributed by atoms with Crippen LogP contribution >= 0.6 is 23.4 Å². The SMILES string of the molecule is O=C(CCSc1ccc(Cl)cc1)Nc1ccc(N2CCCS2(=O)=O)cc1. The lowest BCUT2D eigenvalue weighted by atomic mass is 10.2. The molecule has 1 heterocycles. The van der Waals surface area contributed by atoms with Crippen molar-refractivity contribution < 1.29 is 13.2 Å². The Hall–Kier alpha value is -1.70. The minimum absolute atomic E-state index is 0.0759. The maximum absolute atomic E-state index is 12.0. The Kier molecular flexibility index (Phi) is 6.11. The van der Waals surface area contributed by atoms with Crippen LogP contribution in [0.1, 0.15) is 12.8 Å². The highest BCUT2D eigenvalue weighted by Crippen LogP contribution is 2.25. The van der Waals surface area contributed by atoms with E-state index in [1.165, 1.54) is 4.31 Å². The topological polar surface area (TPSA) is 66.5 Å². The first kappa shape index (κ1) is 19.1. The van der Waals surface area contributed by atoms with Crippen molar-refractivity contribution in [3.8, 4) is 0 Å². The molecular formula is C18H19ClN2O3S2. The molecule has 1 aliphatic heterocycles. The number of nitrogens with one attached hydrogen (secondary N) is 1. The van der Waals surface area contributed by atoms with E-state index in [4.69, 9.17) is 11.6 Å². The number of anilines is 2. The summed E-state index contributed by atoms with van der Waals surface area (Å²) in [6.07, 6.45) is 1.03. The number of benzene rings is 2. The van der Waals surface area contributed by atoms with Gasteiger partial charge in [-0.3, -0.25) is 9.10 Å². The summed E-state index contributed by atoms with van der Waals surface area (Å²) in [7, 11) is -3.18. The van der Waals surface area contributed by atoms with Crippen LogP contribution in [0.25, 0.3) is 0 Å². The first-order valence-corrected chi connectivity index (χ1v) is 11.2. The van der Waals surface area contributed by atoms with Gasteiger partial charge in [0.1, 0.15) is 0 Å². The van der Waals surface area contributed by atoms with E-state index in [0.717, 1.165) is 4.90 Å². The van der Waals surface area contributed by atoms with E-state index < -0.39 is 10.0 Å². The van der Waals surface area contributed by atoms with E-state index in [9.17, 15) is 13.2 Å². The number of carbonyl (C=O) groups excluding carboxylic acids is 1. The van der Waals surface area contributed by atoms with Gasteiger partial charge in [0, 0.05) is 34.3 Å². The summed E-state index contributed by atoms with van der Waals surface area (Å²) in [4.78, 5) is 13.1. The van der Waals surface area contributed by atoms with Gasteiger partial charge in [-0.15, -0.1) is 11.8 Å². The molecule has 2 aromatic carbocycles. The zero-order valence-corrected chi connectivity index (χ0v) is 16.4. The van der Waals surface area contributed by atoms with Gasteiger partial charge in [-0.25, -0.2) is 8.42 Å². The molecule has 3 rings (SSSR count). The van der Waals surface area contributed by atoms with Gasteiger partial charge in [-0.2, -0.15) is 0 Å². The maximum Gasteiger partial charge on any atom is 0.235 e. The Morgan fingerprint density at radius 3 is 2.42 bits per heavy atom. The van der Waals surface area contributed by atoms with E-state index in [2.05, 4.69) is 5.32 Å². The number of sulfonamides is 1. The average Bonchev–Trinajstić information content (AvgIpc) is 2.97. The van der Waals surface area contributed by atoms with Crippen molar-refractivity contribution in [2.24, 2.45) is 0 Å². The van der Waals surface area contributed by atoms with Crippen LogP contribution in [-0.4, -0.2) is 32.4 Å². The van der Waals surface area contributed by atoms with Crippen molar-refractivity contribution in [3.05, 3.63) is 53.6 Å². The summed E-state index contributed by atoms with van der Waals surface area (Å²) < 4.78 is 25.3. The summed E-state index contributed by atoms with van der Waals surface area (Å²) >= 11 is 7.44. The fraction of sp³-hybridized carbons (Fsp3) is 0.278. The largest absolute Gasteiger partial charge is 0.326 e. The Morgan fingerprint density at radius 1 is 1.12 bits per heavy atom. The van der Waals surface area contributed by atoms with E-state index in [1.54, 1.807) is 36.0 Å².